The van der Waals surface area contributed by atoms with Crippen LogP contribution in [0.5, 0.6) is 5.75 Å². The first-order valence-corrected chi connectivity index (χ1v) is 6.57. The maximum Gasteiger partial charge on any atom is 0.221 e. The van der Waals surface area contributed by atoms with E-state index in [2.05, 4.69) is 26.1 Å². The number of hydrogen-bond donors (Lipinski definition) is 3. The van der Waals surface area contributed by atoms with Gasteiger partial charge >= 0.3 is 0 Å². The van der Waals surface area contributed by atoms with Gasteiger partial charge in [0, 0.05) is 24.6 Å². The van der Waals surface area contributed by atoms with Crippen molar-refractivity contribution in [1.82, 2.24) is 5.32 Å². The number of rotatable bonds is 5. The number of aromatic hydroxyl groups is 1. The number of phenols is 1. The van der Waals surface area contributed by atoms with E-state index in [9.17, 15) is 9.90 Å². The van der Waals surface area contributed by atoms with Crippen LogP contribution in [-0.4, -0.2) is 17.1 Å². The van der Waals surface area contributed by atoms with Gasteiger partial charge in [-0.05, 0) is 17.9 Å². The van der Waals surface area contributed by atoms with Crippen LogP contribution >= 0.6 is 0 Å². The second-order valence-electron chi connectivity index (χ2n) is 6.13. The quantitative estimate of drug-likeness (QED) is 0.763. The Labute approximate surface area is 115 Å². The number of nitrogens with two attached hydrogens (primary N) is 1. The third-order valence-electron chi connectivity index (χ3n) is 2.79. The van der Waals surface area contributed by atoms with Crippen LogP contribution in [0.25, 0.3) is 0 Å². The van der Waals surface area contributed by atoms with Gasteiger partial charge in [-0.25, -0.2) is 0 Å². The van der Waals surface area contributed by atoms with E-state index < -0.39 is 0 Å². The topological polar surface area (TPSA) is 75.4 Å². The number of carbonyl (C=O) groups is 1. The summed E-state index contributed by atoms with van der Waals surface area (Å²) in [5, 5.41) is 12.4. The van der Waals surface area contributed by atoms with Gasteiger partial charge in [0.2, 0.25) is 5.91 Å². The van der Waals surface area contributed by atoms with Crippen LogP contribution < -0.4 is 11.1 Å². The largest absolute Gasteiger partial charge is 0.508 e. The Bertz CT molecular complexity index is 424. The van der Waals surface area contributed by atoms with Gasteiger partial charge in [0.25, 0.3) is 0 Å². The number of benzene rings is 1. The molecule has 0 fully saturated rings. The van der Waals surface area contributed by atoms with Gasteiger partial charge in [-0.3, -0.25) is 4.79 Å². The van der Waals surface area contributed by atoms with Crippen LogP contribution in [0.4, 0.5) is 0 Å². The van der Waals surface area contributed by atoms with E-state index in [4.69, 9.17) is 5.73 Å². The number of carbonyl (C=O) groups excluding carboxylic acids is 1. The van der Waals surface area contributed by atoms with Crippen LogP contribution in [-0.2, 0) is 11.3 Å². The van der Waals surface area contributed by atoms with Crippen molar-refractivity contribution in [3.8, 4) is 5.75 Å². The van der Waals surface area contributed by atoms with Gasteiger partial charge in [-0.15, -0.1) is 0 Å². The Morgan fingerprint density at radius 1 is 1.37 bits per heavy atom. The van der Waals surface area contributed by atoms with Gasteiger partial charge in [0.15, 0.2) is 0 Å². The molecular formula is C15H24N2O2. The summed E-state index contributed by atoms with van der Waals surface area (Å²) in [7, 11) is 0. The molecule has 4 heteroatoms. The Morgan fingerprint density at radius 3 is 2.58 bits per heavy atom. The summed E-state index contributed by atoms with van der Waals surface area (Å²) in [4.78, 5) is 11.8. The fourth-order valence-electron chi connectivity index (χ4n) is 2.02. The Hall–Kier alpha value is -1.55. The van der Waals surface area contributed by atoms with Crippen LogP contribution in [0.1, 0.15) is 39.2 Å². The molecule has 0 bridgehead atoms. The minimum absolute atomic E-state index is 0.0833. The molecule has 0 aliphatic rings. The van der Waals surface area contributed by atoms with Crippen molar-refractivity contribution in [3.05, 3.63) is 29.8 Å². The monoisotopic (exact) mass is 264 g/mol. The minimum atomic E-state index is -0.135. The Balaban J connectivity index is 2.38. The molecule has 0 heterocycles. The van der Waals surface area contributed by atoms with E-state index in [-0.39, 0.29) is 23.1 Å². The number of phenolic OH excluding ortho intramolecular Hbond substituents is 1. The summed E-state index contributed by atoms with van der Waals surface area (Å²) in [6.07, 6.45) is 1.11. The van der Waals surface area contributed by atoms with Crippen molar-refractivity contribution in [3.63, 3.8) is 0 Å². The molecule has 0 radical (unpaired) electrons. The van der Waals surface area contributed by atoms with Gasteiger partial charge in [-0.2, -0.15) is 0 Å². The summed E-state index contributed by atoms with van der Waals surface area (Å²) in [5.74, 6) is 0.113. The molecule has 0 aliphatic carbocycles. The molecule has 4 nitrogen and oxygen atoms in total. The maximum atomic E-state index is 11.8. The highest BCUT2D eigenvalue weighted by Gasteiger charge is 2.18. The highest BCUT2D eigenvalue weighted by atomic mass is 16.3. The molecule has 106 valence electrons. The summed E-state index contributed by atoms with van der Waals surface area (Å²) in [5.41, 5.74) is 6.78. The predicted molar refractivity (Wildman–Crippen MR) is 76.6 cm³/mol. The van der Waals surface area contributed by atoms with Crippen molar-refractivity contribution in [1.29, 1.82) is 0 Å². The smallest absolute Gasteiger partial charge is 0.221 e. The first kappa shape index (κ1) is 15.5. The SMILES string of the molecule is CC(C)(C)CC(N)CC(=O)NCc1ccccc1O. The fourth-order valence-corrected chi connectivity index (χ4v) is 2.02. The van der Waals surface area contributed by atoms with E-state index >= 15 is 0 Å². The fraction of sp³-hybridized carbons (Fsp3) is 0.533. The molecule has 1 rings (SSSR count). The van der Waals surface area contributed by atoms with Crippen molar-refractivity contribution >= 4 is 5.91 Å². The average molecular weight is 264 g/mol. The van der Waals surface area contributed by atoms with E-state index in [1.165, 1.54) is 0 Å². The summed E-state index contributed by atoms with van der Waals surface area (Å²) < 4.78 is 0. The molecule has 19 heavy (non-hydrogen) atoms. The lowest BCUT2D eigenvalue weighted by Crippen LogP contribution is -2.34. The summed E-state index contributed by atoms with van der Waals surface area (Å²) in [6.45, 7) is 6.64. The van der Waals surface area contributed by atoms with Crippen molar-refractivity contribution < 1.29 is 9.90 Å². The number of hydrogen-bond acceptors (Lipinski definition) is 3. The van der Waals surface area contributed by atoms with Crippen molar-refractivity contribution in [2.45, 2.75) is 46.2 Å². The van der Waals surface area contributed by atoms with Gasteiger partial charge in [0.05, 0.1) is 0 Å². The van der Waals surface area contributed by atoms with Crippen molar-refractivity contribution in [2.24, 2.45) is 11.1 Å². The molecule has 1 aromatic carbocycles. The second-order valence-corrected chi connectivity index (χ2v) is 6.13. The summed E-state index contributed by atoms with van der Waals surface area (Å²) >= 11 is 0. The second kappa shape index (κ2) is 6.57. The molecule has 0 saturated carbocycles. The van der Waals surface area contributed by atoms with E-state index in [0.717, 1.165) is 6.42 Å². The van der Waals surface area contributed by atoms with E-state index in [1.807, 2.05) is 6.07 Å². The van der Waals surface area contributed by atoms with Crippen molar-refractivity contribution in [2.75, 3.05) is 0 Å². The lowest BCUT2D eigenvalue weighted by atomic mass is 9.87. The highest BCUT2D eigenvalue weighted by molar-refractivity contribution is 5.76. The minimum Gasteiger partial charge on any atom is -0.508 e. The third kappa shape index (κ3) is 6.25. The Morgan fingerprint density at radius 2 is 2.00 bits per heavy atom. The zero-order valence-corrected chi connectivity index (χ0v) is 11.9. The van der Waals surface area contributed by atoms with Crippen LogP contribution in [0.15, 0.2) is 24.3 Å². The summed E-state index contributed by atoms with van der Waals surface area (Å²) in [6, 6.07) is 6.83. The van der Waals surface area contributed by atoms with Crippen LogP contribution in [0.2, 0.25) is 0 Å². The van der Waals surface area contributed by atoms with Crippen LogP contribution in [0, 0.1) is 5.41 Å². The van der Waals surface area contributed by atoms with Gasteiger partial charge in [0.1, 0.15) is 5.75 Å². The molecule has 1 amide bonds. The average Bonchev–Trinajstić information content (AvgIpc) is 2.25. The molecule has 0 saturated heterocycles. The number of amides is 1. The maximum absolute atomic E-state index is 11.8. The Kier molecular flexibility index (Phi) is 5.36. The molecule has 1 aromatic rings. The zero-order chi connectivity index (χ0) is 14.5. The lowest BCUT2D eigenvalue weighted by molar-refractivity contribution is -0.121. The lowest BCUT2D eigenvalue weighted by Gasteiger charge is -2.22. The molecule has 1 unspecified atom stereocenters. The number of para-hydroxylation sites is 1. The first-order valence-electron chi connectivity index (χ1n) is 6.57. The molecule has 0 aromatic heterocycles. The molecular weight excluding hydrogens is 240 g/mol. The number of nitrogens with one attached hydrogen (secondary N) is 1. The highest BCUT2D eigenvalue weighted by Crippen LogP contribution is 2.21. The first-order chi connectivity index (χ1) is 8.78. The standard InChI is InChI=1S/C15H24N2O2/c1-15(2,3)9-12(16)8-14(19)17-10-11-6-4-5-7-13(11)18/h4-7,12,18H,8-10,16H2,1-3H3,(H,17,19). The van der Waals surface area contributed by atoms with E-state index in [1.54, 1.807) is 18.2 Å². The molecule has 1 atom stereocenters. The molecule has 0 aliphatic heterocycles. The van der Waals surface area contributed by atoms with E-state index in [0.29, 0.717) is 18.5 Å². The normalized spacial score (nSPS) is 13.1. The van der Waals surface area contributed by atoms with Gasteiger partial charge in [-0.1, -0.05) is 39.0 Å². The van der Waals surface area contributed by atoms with Crippen LogP contribution in [0.3, 0.4) is 0 Å². The molecule has 4 N–H and O–H groups in total. The molecule has 0 spiro atoms. The van der Waals surface area contributed by atoms with Gasteiger partial charge < -0.3 is 16.2 Å². The zero-order valence-electron chi connectivity index (χ0n) is 11.9. The third-order valence-corrected chi connectivity index (χ3v) is 2.79. The predicted octanol–water partition coefficient (Wildman–Crippen LogP) is 2.16.